The summed E-state index contributed by atoms with van der Waals surface area (Å²) in [5.41, 5.74) is 1.27. The number of hydrogen-bond acceptors (Lipinski definition) is 4. The number of nitrogens with one attached hydrogen (secondary N) is 1. The Morgan fingerprint density at radius 1 is 1.12 bits per heavy atom. The molecule has 1 aliphatic heterocycles. The van der Waals surface area contributed by atoms with Gasteiger partial charge in [0.25, 0.3) is 5.91 Å². The fourth-order valence-electron chi connectivity index (χ4n) is 3.09. The second-order valence-corrected chi connectivity index (χ2v) is 8.69. The standard InChI is InChI=1S/C19H20N2O4S/c1-12(2)17-18(22)20-15-11-14(26(3,24)25)9-10-16(15)21(17)19(23)13-7-5-4-6-8-13/h4-12,17H,1-3H3,(H,20,22)/t17-/m0/s1. The van der Waals surface area contributed by atoms with E-state index < -0.39 is 15.9 Å². The number of amides is 2. The van der Waals surface area contributed by atoms with Crippen LogP contribution in [-0.2, 0) is 14.6 Å². The molecule has 0 aromatic heterocycles. The summed E-state index contributed by atoms with van der Waals surface area (Å²) in [6.07, 6.45) is 1.10. The first-order valence-electron chi connectivity index (χ1n) is 8.23. The van der Waals surface area contributed by atoms with Gasteiger partial charge in [0.15, 0.2) is 9.84 Å². The highest BCUT2D eigenvalue weighted by molar-refractivity contribution is 7.90. The molecule has 1 heterocycles. The Morgan fingerprint density at radius 3 is 2.35 bits per heavy atom. The minimum absolute atomic E-state index is 0.0895. The maximum absolute atomic E-state index is 13.1. The molecule has 7 heteroatoms. The predicted molar refractivity (Wildman–Crippen MR) is 100 cm³/mol. The number of nitrogens with zero attached hydrogens (tertiary/aromatic N) is 1. The lowest BCUT2D eigenvalue weighted by Crippen LogP contribution is -2.53. The van der Waals surface area contributed by atoms with Crippen LogP contribution >= 0.6 is 0 Å². The Hall–Kier alpha value is -2.67. The van der Waals surface area contributed by atoms with E-state index in [4.69, 9.17) is 0 Å². The van der Waals surface area contributed by atoms with E-state index in [-0.39, 0.29) is 22.6 Å². The van der Waals surface area contributed by atoms with Crippen LogP contribution in [0.2, 0.25) is 0 Å². The third-order valence-electron chi connectivity index (χ3n) is 4.33. The SMILES string of the molecule is CC(C)[C@H]1C(=O)Nc2cc(S(C)(=O)=O)ccc2N1C(=O)c1ccccc1. The maximum Gasteiger partial charge on any atom is 0.259 e. The van der Waals surface area contributed by atoms with Crippen LogP contribution in [0.15, 0.2) is 53.4 Å². The van der Waals surface area contributed by atoms with Crippen molar-refractivity contribution in [3.63, 3.8) is 0 Å². The molecule has 2 aromatic carbocycles. The summed E-state index contributed by atoms with van der Waals surface area (Å²) in [7, 11) is -3.43. The van der Waals surface area contributed by atoms with E-state index in [9.17, 15) is 18.0 Å². The van der Waals surface area contributed by atoms with Gasteiger partial charge in [0, 0.05) is 11.8 Å². The molecule has 2 amide bonds. The summed E-state index contributed by atoms with van der Waals surface area (Å²) in [5, 5.41) is 2.74. The van der Waals surface area contributed by atoms with Gasteiger partial charge < -0.3 is 5.32 Å². The van der Waals surface area contributed by atoms with Gasteiger partial charge in [-0.1, -0.05) is 32.0 Å². The predicted octanol–water partition coefficient (Wildman–Crippen LogP) is 2.71. The van der Waals surface area contributed by atoms with E-state index in [0.29, 0.717) is 16.9 Å². The molecule has 0 spiro atoms. The van der Waals surface area contributed by atoms with E-state index in [2.05, 4.69) is 5.32 Å². The number of rotatable bonds is 3. The lowest BCUT2D eigenvalue weighted by Gasteiger charge is -2.38. The zero-order valence-corrected chi connectivity index (χ0v) is 15.6. The Kier molecular flexibility index (Phi) is 4.58. The lowest BCUT2D eigenvalue weighted by atomic mass is 9.96. The van der Waals surface area contributed by atoms with Crippen LogP contribution in [0.3, 0.4) is 0 Å². The molecular formula is C19H20N2O4S. The van der Waals surface area contributed by atoms with Crippen molar-refractivity contribution in [2.45, 2.75) is 24.8 Å². The van der Waals surface area contributed by atoms with Crippen LogP contribution < -0.4 is 10.2 Å². The molecule has 0 fully saturated rings. The van der Waals surface area contributed by atoms with Crippen LogP contribution in [0.1, 0.15) is 24.2 Å². The van der Waals surface area contributed by atoms with Gasteiger partial charge in [-0.2, -0.15) is 0 Å². The second kappa shape index (κ2) is 6.57. The van der Waals surface area contributed by atoms with Crippen molar-refractivity contribution in [1.82, 2.24) is 0 Å². The molecule has 6 nitrogen and oxygen atoms in total. The summed E-state index contributed by atoms with van der Waals surface area (Å²) >= 11 is 0. The highest BCUT2D eigenvalue weighted by Crippen LogP contribution is 2.37. The van der Waals surface area contributed by atoms with Gasteiger partial charge in [0.2, 0.25) is 5.91 Å². The summed E-state index contributed by atoms with van der Waals surface area (Å²) in [6, 6.07) is 12.4. The number of carbonyl (C=O) groups excluding carboxylic acids is 2. The molecule has 0 aliphatic carbocycles. The van der Waals surface area contributed by atoms with Crippen molar-refractivity contribution in [3.05, 3.63) is 54.1 Å². The molecule has 1 aliphatic rings. The van der Waals surface area contributed by atoms with Crippen molar-refractivity contribution in [1.29, 1.82) is 0 Å². The van der Waals surface area contributed by atoms with Crippen LogP contribution in [0.25, 0.3) is 0 Å². The number of carbonyl (C=O) groups is 2. The average Bonchev–Trinajstić information content (AvgIpc) is 2.59. The Balaban J connectivity index is 2.17. The summed E-state index contributed by atoms with van der Waals surface area (Å²) in [6.45, 7) is 3.73. The minimum atomic E-state index is -3.43. The van der Waals surface area contributed by atoms with Crippen LogP contribution in [0, 0.1) is 5.92 Å². The van der Waals surface area contributed by atoms with E-state index in [0.717, 1.165) is 6.26 Å². The number of benzene rings is 2. The van der Waals surface area contributed by atoms with Crippen molar-refractivity contribution in [2.75, 3.05) is 16.5 Å². The molecular weight excluding hydrogens is 352 g/mol. The third-order valence-corrected chi connectivity index (χ3v) is 5.44. The van der Waals surface area contributed by atoms with Crippen LogP contribution in [0.4, 0.5) is 11.4 Å². The smallest absolute Gasteiger partial charge is 0.259 e. The zero-order chi connectivity index (χ0) is 19.1. The minimum Gasteiger partial charge on any atom is -0.322 e. The van der Waals surface area contributed by atoms with Crippen molar-refractivity contribution in [3.8, 4) is 0 Å². The average molecular weight is 372 g/mol. The summed E-state index contributed by atoms with van der Waals surface area (Å²) in [5.74, 6) is -0.750. The summed E-state index contributed by atoms with van der Waals surface area (Å²) in [4.78, 5) is 27.3. The molecule has 0 saturated heterocycles. The number of sulfone groups is 1. The molecule has 2 aromatic rings. The van der Waals surface area contributed by atoms with E-state index >= 15 is 0 Å². The Morgan fingerprint density at radius 2 is 1.77 bits per heavy atom. The van der Waals surface area contributed by atoms with Gasteiger partial charge >= 0.3 is 0 Å². The fraction of sp³-hybridized carbons (Fsp3) is 0.263. The van der Waals surface area contributed by atoms with E-state index in [1.54, 1.807) is 30.3 Å². The fourth-order valence-corrected chi connectivity index (χ4v) is 3.73. The molecule has 1 N–H and O–H groups in total. The highest BCUT2D eigenvalue weighted by atomic mass is 32.2. The first-order chi connectivity index (χ1) is 12.2. The third kappa shape index (κ3) is 3.22. The van der Waals surface area contributed by atoms with E-state index in [1.165, 1.54) is 17.0 Å². The first kappa shape index (κ1) is 18.1. The topological polar surface area (TPSA) is 83.6 Å². The zero-order valence-electron chi connectivity index (χ0n) is 14.8. The van der Waals surface area contributed by atoms with Gasteiger partial charge in [0.05, 0.1) is 16.3 Å². The molecule has 0 saturated carbocycles. The van der Waals surface area contributed by atoms with Gasteiger partial charge in [-0.25, -0.2) is 8.42 Å². The molecule has 1 atom stereocenters. The molecule has 0 radical (unpaired) electrons. The summed E-state index contributed by atoms with van der Waals surface area (Å²) < 4.78 is 23.6. The van der Waals surface area contributed by atoms with Crippen LogP contribution in [0.5, 0.6) is 0 Å². The lowest BCUT2D eigenvalue weighted by molar-refractivity contribution is -0.118. The molecule has 0 unspecified atom stereocenters. The van der Waals surface area contributed by atoms with Gasteiger partial charge in [0.1, 0.15) is 6.04 Å². The number of fused-ring (bicyclic) bond motifs is 1. The molecule has 3 rings (SSSR count). The Bertz CT molecular complexity index is 968. The van der Waals surface area contributed by atoms with Crippen LogP contribution in [-0.4, -0.2) is 32.5 Å². The van der Waals surface area contributed by atoms with Gasteiger partial charge in [-0.05, 0) is 36.2 Å². The normalized spacial score (nSPS) is 17.0. The maximum atomic E-state index is 13.1. The second-order valence-electron chi connectivity index (χ2n) is 6.67. The first-order valence-corrected chi connectivity index (χ1v) is 10.1. The monoisotopic (exact) mass is 372 g/mol. The van der Waals surface area contributed by atoms with Gasteiger partial charge in [-0.3, -0.25) is 14.5 Å². The van der Waals surface area contributed by atoms with Crippen molar-refractivity contribution < 1.29 is 18.0 Å². The Labute approximate surface area is 152 Å². The molecule has 136 valence electrons. The van der Waals surface area contributed by atoms with E-state index in [1.807, 2.05) is 19.9 Å². The van der Waals surface area contributed by atoms with Gasteiger partial charge in [-0.15, -0.1) is 0 Å². The quantitative estimate of drug-likeness (QED) is 0.898. The number of hydrogen-bond donors (Lipinski definition) is 1. The van der Waals surface area contributed by atoms with Crippen molar-refractivity contribution in [2.24, 2.45) is 5.92 Å². The van der Waals surface area contributed by atoms with Crippen molar-refractivity contribution >= 4 is 33.0 Å². The number of anilines is 2. The largest absolute Gasteiger partial charge is 0.322 e. The molecule has 0 bridgehead atoms. The molecule has 26 heavy (non-hydrogen) atoms. The highest BCUT2D eigenvalue weighted by Gasteiger charge is 2.39.